The van der Waals surface area contributed by atoms with E-state index in [9.17, 15) is 13.6 Å². The standard InChI is InChI=1S/C20H16F2N2O2/c1-13-5-2-3-6-14(13)12-26-18-7-4-10-23-19(18)24-20(25)16-11-15(21)8-9-17(16)22/h2-11H,12H2,1H3,(H,23,24,25). The molecule has 1 heterocycles. The first-order chi connectivity index (χ1) is 12.5. The normalized spacial score (nSPS) is 10.4. The number of aromatic nitrogens is 1. The molecule has 0 saturated heterocycles. The van der Waals surface area contributed by atoms with Gasteiger partial charge in [-0.3, -0.25) is 4.79 Å². The molecule has 0 aliphatic rings. The lowest BCUT2D eigenvalue weighted by molar-refractivity contribution is 0.102. The molecule has 0 unspecified atom stereocenters. The summed E-state index contributed by atoms with van der Waals surface area (Å²) in [5.41, 5.74) is 1.66. The number of pyridine rings is 1. The average molecular weight is 354 g/mol. The van der Waals surface area contributed by atoms with E-state index < -0.39 is 23.1 Å². The smallest absolute Gasteiger partial charge is 0.259 e. The van der Waals surface area contributed by atoms with E-state index in [4.69, 9.17) is 4.74 Å². The number of hydrogen-bond acceptors (Lipinski definition) is 3. The number of nitrogens with one attached hydrogen (secondary N) is 1. The lowest BCUT2D eigenvalue weighted by atomic mass is 10.1. The Kier molecular flexibility index (Phi) is 5.22. The number of nitrogens with zero attached hydrogens (tertiary/aromatic N) is 1. The molecule has 1 amide bonds. The molecule has 6 heteroatoms. The average Bonchev–Trinajstić information content (AvgIpc) is 2.64. The van der Waals surface area contributed by atoms with Gasteiger partial charge in [0.05, 0.1) is 5.56 Å². The third-order valence-corrected chi connectivity index (χ3v) is 3.82. The van der Waals surface area contributed by atoms with Crippen molar-refractivity contribution in [3.63, 3.8) is 0 Å². The SMILES string of the molecule is Cc1ccccc1COc1cccnc1NC(=O)c1cc(F)ccc1F. The molecule has 1 N–H and O–H groups in total. The Morgan fingerprint density at radius 3 is 2.73 bits per heavy atom. The predicted molar refractivity (Wildman–Crippen MR) is 94.1 cm³/mol. The molecule has 26 heavy (non-hydrogen) atoms. The molecular formula is C20H16F2N2O2. The highest BCUT2D eigenvalue weighted by atomic mass is 19.1. The number of amides is 1. The van der Waals surface area contributed by atoms with Crippen LogP contribution in [0.25, 0.3) is 0 Å². The minimum atomic E-state index is -0.817. The molecule has 0 atom stereocenters. The Hall–Kier alpha value is -3.28. The molecule has 132 valence electrons. The van der Waals surface area contributed by atoms with Crippen LogP contribution in [0.3, 0.4) is 0 Å². The number of hydrogen-bond donors (Lipinski definition) is 1. The maximum atomic E-state index is 13.8. The fourth-order valence-electron chi connectivity index (χ4n) is 2.37. The van der Waals surface area contributed by atoms with Gasteiger partial charge in [0.25, 0.3) is 5.91 Å². The van der Waals surface area contributed by atoms with Crippen molar-refractivity contribution >= 4 is 11.7 Å². The first-order valence-electron chi connectivity index (χ1n) is 7.93. The fraction of sp³-hybridized carbons (Fsp3) is 0.100. The van der Waals surface area contributed by atoms with Crippen LogP contribution in [-0.4, -0.2) is 10.9 Å². The molecule has 1 aromatic heterocycles. The van der Waals surface area contributed by atoms with E-state index in [2.05, 4.69) is 10.3 Å². The summed E-state index contributed by atoms with van der Waals surface area (Å²) in [5.74, 6) is -1.85. The molecule has 3 aromatic rings. The topological polar surface area (TPSA) is 51.2 Å². The largest absolute Gasteiger partial charge is 0.485 e. The van der Waals surface area contributed by atoms with Gasteiger partial charge in [0.2, 0.25) is 0 Å². The van der Waals surface area contributed by atoms with Gasteiger partial charge in [0.1, 0.15) is 18.2 Å². The van der Waals surface area contributed by atoms with Crippen molar-refractivity contribution in [2.75, 3.05) is 5.32 Å². The number of benzene rings is 2. The van der Waals surface area contributed by atoms with E-state index in [-0.39, 0.29) is 12.4 Å². The Balaban J connectivity index is 1.78. The summed E-state index contributed by atoms with van der Waals surface area (Å²) in [6, 6.07) is 13.7. The maximum Gasteiger partial charge on any atom is 0.259 e. The van der Waals surface area contributed by atoms with E-state index in [1.165, 1.54) is 6.20 Å². The number of carbonyl (C=O) groups is 1. The zero-order valence-corrected chi connectivity index (χ0v) is 14.0. The minimum Gasteiger partial charge on any atom is -0.485 e. The van der Waals surface area contributed by atoms with Gasteiger partial charge in [-0.1, -0.05) is 24.3 Å². The second kappa shape index (κ2) is 7.74. The summed E-state index contributed by atoms with van der Waals surface area (Å²) in [5, 5.41) is 2.46. The van der Waals surface area contributed by atoms with Crippen molar-refractivity contribution in [2.45, 2.75) is 13.5 Å². The monoisotopic (exact) mass is 354 g/mol. The first-order valence-corrected chi connectivity index (χ1v) is 7.93. The Labute approximate surface area is 149 Å². The van der Waals surface area contributed by atoms with E-state index in [0.29, 0.717) is 5.75 Å². The van der Waals surface area contributed by atoms with Crippen LogP contribution in [0, 0.1) is 18.6 Å². The molecule has 0 aliphatic carbocycles. The maximum absolute atomic E-state index is 13.8. The molecule has 0 radical (unpaired) electrons. The summed E-state index contributed by atoms with van der Waals surface area (Å²) in [6.45, 7) is 2.26. The summed E-state index contributed by atoms with van der Waals surface area (Å²) in [6.07, 6.45) is 1.47. The van der Waals surface area contributed by atoms with Crippen molar-refractivity contribution in [3.8, 4) is 5.75 Å². The van der Waals surface area contributed by atoms with Crippen LogP contribution >= 0.6 is 0 Å². The summed E-state index contributed by atoms with van der Waals surface area (Å²) >= 11 is 0. The molecule has 0 bridgehead atoms. The molecule has 3 rings (SSSR count). The van der Waals surface area contributed by atoms with E-state index in [1.54, 1.807) is 12.1 Å². The highest BCUT2D eigenvalue weighted by Crippen LogP contribution is 2.24. The highest BCUT2D eigenvalue weighted by molar-refractivity contribution is 6.04. The number of aryl methyl sites for hydroxylation is 1. The molecule has 0 spiro atoms. The summed E-state index contributed by atoms with van der Waals surface area (Å²) < 4.78 is 32.8. The van der Waals surface area contributed by atoms with Crippen molar-refractivity contribution in [3.05, 3.63) is 89.1 Å². The van der Waals surface area contributed by atoms with Crippen LogP contribution in [0.2, 0.25) is 0 Å². The number of anilines is 1. The predicted octanol–water partition coefficient (Wildman–Crippen LogP) is 4.50. The van der Waals surface area contributed by atoms with Crippen molar-refractivity contribution in [1.82, 2.24) is 4.98 Å². The fourth-order valence-corrected chi connectivity index (χ4v) is 2.37. The van der Waals surface area contributed by atoms with Gasteiger partial charge in [-0.2, -0.15) is 0 Å². The lowest BCUT2D eigenvalue weighted by Gasteiger charge is -2.13. The van der Waals surface area contributed by atoms with Gasteiger partial charge in [0, 0.05) is 6.20 Å². The Morgan fingerprint density at radius 2 is 1.92 bits per heavy atom. The lowest BCUT2D eigenvalue weighted by Crippen LogP contribution is -2.16. The third-order valence-electron chi connectivity index (χ3n) is 3.82. The zero-order valence-electron chi connectivity index (χ0n) is 14.0. The molecule has 0 saturated carbocycles. The molecular weight excluding hydrogens is 338 g/mol. The quantitative estimate of drug-likeness (QED) is 0.734. The van der Waals surface area contributed by atoms with Crippen LogP contribution < -0.4 is 10.1 Å². The number of halogens is 2. The third kappa shape index (κ3) is 4.03. The van der Waals surface area contributed by atoms with Crippen molar-refractivity contribution < 1.29 is 18.3 Å². The van der Waals surface area contributed by atoms with Crippen LogP contribution in [0.15, 0.2) is 60.8 Å². The van der Waals surface area contributed by atoms with E-state index >= 15 is 0 Å². The van der Waals surface area contributed by atoms with Crippen LogP contribution in [-0.2, 0) is 6.61 Å². The van der Waals surface area contributed by atoms with Crippen LogP contribution in [0.4, 0.5) is 14.6 Å². The molecule has 4 nitrogen and oxygen atoms in total. The van der Waals surface area contributed by atoms with Crippen LogP contribution in [0.1, 0.15) is 21.5 Å². The minimum absolute atomic E-state index is 0.134. The first kappa shape index (κ1) is 17.5. The van der Waals surface area contributed by atoms with Crippen molar-refractivity contribution in [1.29, 1.82) is 0 Å². The van der Waals surface area contributed by atoms with Gasteiger partial charge in [-0.25, -0.2) is 13.8 Å². The number of carbonyl (C=O) groups excluding carboxylic acids is 1. The molecule has 0 fully saturated rings. The van der Waals surface area contributed by atoms with E-state index in [1.807, 2.05) is 31.2 Å². The second-order valence-corrected chi connectivity index (χ2v) is 5.64. The second-order valence-electron chi connectivity index (χ2n) is 5.64. The van der Waals surface area contributed by atoms with Gasteiger partial charge >= 0.3 is 0 Å². The molecule has 0 aliphatic heterocycles. The number of rotatable bonds is 5. The highest BCUT2D eigenvalue weighted by Gasteiger charge is 2.16. The van der Waals surface area contributed by atoms with Gasteiger partial charge < -0.3 is 10.1 Å². The van der Waals surface area contributed by atoms with Crippen molar-refractivity contribution in [2.24, 2.45) is 0 Å². The van der Waals surface area contributed by atoms with Gasteiger partial charge in [-0.05, 0) is 48.4 Å². The van der Waals surface area contributed by atoms with Gasteiger partial charge in [0.15, 0.2) is 11.6 Å². The Morgan fingerprint density at radius 1 is 1.12 bits per heavy atom. The summed E-state index contributed by atoms with van der Waals surface area (Å²) in [7, 11) is 0. The van der Waals surface area contributed by atoms with Gasteiger partial charge in [-0.15, -0.1) is 0 Å². The number of ether oxygens (including phenoxy) is 1. The summed E-state index contributed by atoms with van der Waals surface area (Å²) in [4.78, 5) is 16.3. The Bertz CT molecular complexity index is 945. The van der Waals surface area contributed by atoms with E-state index in [0.717, 1.165) is 29.3 Å². The molecule has 2 aromatic carbocycles. The zero-order chi connectivity index (χ0) is 18.5. The van der Waals surface area contributed by atoms with Crippen LogP contribution in [0.5, 0.6) is 5.75 Å².